The predicted molar refractivity (Wildman–Crippen MR) is 49.2 cm³/mol. The van der Waals surface area contributed by atoms with Gasteiger partial charge in [-0.05, 0) is 12.3 Å². The Bertz CT molecular complexity index is 153. The largest absolute Gasteiger partial charge is 0.103 e. The van der Waals surface area contributed by atoms with Crippen molar-refractivity contribution in [3.8, 4) is 11.8 Å². The van der Waals surface area contributed by atoms with E-state index in [-0.39, 0.29) is 0 Å². The van der Waals surface area contributed by atoms with Gasteiger partial charge in [0.15, 0.2) is 0 Å². The van der Waals surface area contributed by atoms with Gasteiger partial charge in [0.25, 0.3) is 0 Å². The lowest BCUT2D eigenvalue weighted by molar-refractivity contribution is 0.299. The summed E-state index contributed by atoms with van der Waals surface area (Å²) in [5.41, 5.74) is 0. The van der Waals surface area contributed by atoms with Gasteiger partial charge in [0.1, 0.15) is 0 Å². The maximum atomic E-state index is 3.23. The fourth-order valence-electron chi connectivity index (χ4n) is 1.33. The maximum absolute atomic E-state index is 3.23. The minimum absolute atomic E-state index is 0.552. The van der Waals surface area contributed by atoms with Crippen LogP contribution in [0.5, 0.6) is 0 Å². The average Bonchev–Trinajstić information content (AvgIpc) is 1.82. The van der Waals surface area contributed by atoms with Gasteiger partial charge in [-0.2, -0.15) is 0 Å². The van der Waals surface area contributed by atoms with Gasteiger partial charge in [0.05, 0.1) is 0 Å². The van der Waals surface area contributed by atoms with Crippen LogP contribution < -0.4 is 0 Å². The van der Waals surface area contributed by atoms with Gasteiger partial charge in [-0.15, -0.1) is 11.8 Å². The highest BCUT2D eigenvalue weighted by molar-refractivity contribution is 5.01. The van der Waals surface area contributed by atoms with Crippen molar-refractivity contribution in [1.82, 2.24) is 0 Å². The van der Waals surface area contributed by atoms with E-state index in [2.05, 4.69) is 25.7 Å². The summed E-state index contributed by atoms with van der Waals surface area (Å²) in [4.78, 5) is 0. The summed E-state index contributed by atoms with van der Waals surface area (Å²) in [6.45, 7) is 4.30. The fraction of sp³-hybridized carbons (Fsp3) is 0.818. The highest BCUT2D eigenvalue weighted by atomic mass is 14.2. The van der Waals surface area contributed by atoms with E-state index in [9.17, 15) is 0 Å². The summed E-state index contributed by atoms with van der Waals surface area (Å²) in [7, 11) is 0. The molecule has 0 atom stereocenters. The van der Waals surface area contributed by atoms with Crippen LogP contribution in [-0.4, -0.2) is 0 Å². The van der Waals surface area contributed by atoms with Gasteiger partial charge in [0, 0.05) is 12.3 Å². The molecular formula is C11H18. The maximum Gasteiger partial charge on any atom is 0.0146 e. The van der Waals surface area contributed by atoms with Crippen molar-refractivity contribution in [3.05, 3.63) is 0 Å². The summed E-state index contributed by atoms with van der Waals surface area (Å²) < 4.78 is 0. The molecule has 0 saturated heterocycles. The Balaban J connectivity index is 1.99. The Morgan fingerprint density at radius 1 is 1.36 bits per heavy atom. The van der Waals surface area contributed by atoms with E-state index in [1.165, 1.54) is 25.7 Å². The third-order valence-corrected chi connectivity index (χ3v) is 2.29. The Morgan fingerprint density at radius 3 is 2.55 bits per heavy atom. The van der Waals surface area contributed by atoms with E-state index in [1.54, 1.807) is 0 Å². The van der Waals surface area contributed by atoms with E-state index < -0.39 is 0 Å². The SMILES string of the molecule is CC(C)C#CCCC1CCC1. The van der Waals surface area contributed by atoms with E-state index >= 15 is 0 Å². The second kappa shape index (κ2) is 4.44. The highest BCUT2D eigenvalue weighted by Crippen LogP contribution is 2.29. The molecule has 62 valence electrons. The molecule has 1 saturated carbocycles. The zero-order valence-electron chi connectivity index (χ0n) is 7.69. The molecule has 1 rings (SSSR count). The third kappa shape index (κ3) is 3.46. The van der Waals surface area contributed by atoms with Crippen molar-refractivity contribution in [2.24, 2.45) is 11.8 Å². The van der Waals surface area contributed by atoms with Crippen LogP contribution in [-0.2, 0) is 0 Å². The molecule has 0 amide bonds. The first-order chi connectivity index (χ1) is 5.29. The first kappa shape index (κ1) is 8.65. The molecule has 0 heterocycles. The lowest BCUT2D eigenvalue weighted by Gasteiger charge is -2.23. The summed E-state index contributed by atoms with van der Waals surface area (Å²) >= 11 is 0. The Labute approximate surface area is 70.4 Å². The lowest BCUT2D eigenvalue weighted by Crippen LogP contribution is -2.09. The standard InChI is InChI=1S/C11H18/c1-10(2)6-3-4-7-11-8-5-9-11/h10-11H,4-5,7-9H2,1-2H3. The molecule has 0 bridgehead atoms. The summed E-state index contributed by atoms with van der Waals surface area (Å²) in [5, 5.41) is 0. The Morgan fingerprint density at radius 2 is 2.09 bits per heavy atom. The van der Waals surface area contributed by atoms with Crippen LogP contribution in [0.3, 0.4) is 0 Å². The second-order valence-electron chi connectivity index (χ2n) is 3.81. The zero-order chi connectivity index (χ0) is 8.10. The van der Waals surface area contributed by atoms with Gasteiger partial charge >= 0.3 is 0 Å². The molecule has 0 radical (unpaired) electrons. The average molecular weight is 150 g/mol. The molecule has 1 fully saturated rings. The van der Waals surface area contributed by atoms with Crippen LogP contribution in [0.2, 0.25) is 0 Å². The molecular weight excluding hydrogens is 132 g/mol. The Hall–Kier alpha value is -0.440. The van der Waals surface area contributed by atoms with E-state index in [1.807, 2.05) is 0 Å². The minimum Gasteiger partial charge on any atom is -0.103 e. The van der Waals surface area contributed by atoms with Gasteiger partial charge in [-0.3, -0.25) is 0 Å². The fourth-order valence-corrected chi connectivity index (χ4v) is 1.33. The summed E-state index contributed by atoms with van der Waals surface area (Å²) in [5.74, 6) is 8.01. The zero-order valence-corrected chi connectivity index (χ0v) is 7.69. The van der Waals surface area contributed by atoms with Gasteiger partial charge < -0.3 is 0 Å². The third-order valence-electron chi connectivity index (χ3n) is 2.29. The number of rotatable bonds is 2. The highest BCUT2D eigenvalue weighted by Gasteiger charge is 2.15. The molecule has 0 aromatic rings. The minimum atomic E-state index is 0.552. The van der Waals surface area contributed by atoms with Crippen LogP contribution in [0, 0.1) is 23.7 Å². The van der Waals surface area contributed by atoms with Crippen LogP contribution in [0.4, 0.5) is 0 Å². The van der Waals surface area contributed by atoms with Crippen LogP contribution >= 0.6 is 0 Å². The predicted octanol–water partition coefficient (Wildman–Crippen LogP) is 3.23. The van der Waals surface area contributed by atoms with Crippen molar-refractivity contribution in [2.75, 3.05) is 0 Å². The molecule has 0 aromatic heterocycles. The van der Waals surface area contributed by atoms with Gasteiger partial charge in [0.2, 0.25) is 0 Å². The molecule has 1 aliphatic rings. The molecule has 0 unspecified atom stereocenters. The molecule has 0 nitrogen and oxygen atoms in total. The van der Waals surface area contributed by atoms with Gasteiger partial charge in [-0.25, -0.2) is 0 Å². The monoisotopic (exact) mass is 150 g/mol. The first-order valence-corrected chi connectivity index (χ1v) is 4.77. The Kier molecular flexibility index (Phi) is 3.49. The van der Waals surface area contributed by atoms with Crippen LogP contribution in [0.1, 0.15) is 46.0 Å². The van der Waals surface area contributed by atoms with E-state index in [0.717, 1.165) is 12.3 Å². The van der Waals surface area contributed by atoms with E-state index in [4.69, 9.17) is 0 Å². The molecule has 0 N–H and O–H groups in total. The lowest BCUT2D eigenvalue weighted by atomic mass is 9.82. The molecule has 0 aliphatic heterocycles. The van der Waals surface area contributed by atoms with Crippen molar-refractivity contribution in [1.29, 1.82) is 0 Å². The van der Waals surface area contributed by atoms with Crippen molar-refractivity contribution in [2.45, 2.75) is 46.0 Å². The van der Waals surface area contributed by atoms with Crippen molar-refractivity contribution in [3.63, 3.8) is 0 Å². The van der Waals surface area contributed by atoms with Crippen LogP contribution in [0.25, 0.3) is 0 Å². The normalized spacial score (nSPS) is 17.4. The topological polar surface area (TPSA) is 0 Å². The summed E-state index contributed by atoms with van der Waals surface area (Å²) in [6.07, 6.45) is 6.86. The summed E-state index contributed by atoms with van der Waals surface area (Å²) in [6, 6.07) is 0. The molecule has 0 aromatic carbocycles. The van der Waals surface area contributed by atoms with Crippen molar-refractivity contribution < 1.29 is 0 Å². The smallest absolute Gasteiger partial charge is 0.0146 e. The number of hydrogen-bond donors (Lipinski definition) is 0. The van der Waals surface area contributed by atoms with Crippen LogP contribution in [0.15, 0.2) is 0 Å². The first-order valence-electron chi connectivity index (χ1n) is 4.77. The van der Waals surface area contributed by atoms with E-state index in [0.29, 0.717) is 5.92 Å². The molecule has 11 heavy (non-hydrogen) atoms. The number of hydrogen-bond acceptors (Lipinski definition) is 0. The van der Waals surface area contributed by atoms with Gasteiger partial charge in [-0.1, -0.05) is 33.1 Å². The second-order valence-corrected chi connectivity index (χ2v) is 3.81. The quantitative estimate of drug-likeness (QED) is 0.530. The molecule has 0 spiro atoms. The molecule has 0 heteroatoms. The molecule has 1 aliphatic carbocycles. The van der Waals surface area contributed by atoms with Crippen molar-refractivity contribution >= 4 is 0 Å².